The van der Waals surface area contributed by atoms with Gasteiger partial charge in [0.25, 0.3) is 5.91 Å². The summed E-state index contributed by atoms with van der Waals surface area (Å²) in [6, 6.07) is 0. The molecule has 0 aliphatic heterocycles. The van der Waals surface area contributed by atoms with Gasteiger partial charge in [-0.25, -0.2) is 0 Å². The van der Waals surface area contributed by atoms with Gasteiger partial charge in [-0.2, -0.15) is 5.10 Å². The van der Waals surface area contributed by atoms with E-state index in [4.69, 9.17) is 5.73 Å². The van der Waals surface area contributed by atoms with Crippen molar-refractivity contribution < 1.29 is 9.59 Å². The van der Waals surface area contributed by atoms with Crippen LogP contribution in [0.1, 0.15) is 27.3 Å². The van der Waals surface area contributed by atoms with Crippen molar-refractivity contribution >= 4 is 39.1 Å². The zero-order valence-electron chi connectivity index (χ0n) is 12.1. The summed E-state index contributed by atoms with van der Waals surface area (Å²) < 4.78 is 0. The lowest BCUT2D eigenvalue weighted by Crippen LogP contribution is -2.29. The van der Waals surface area contributed by atoms with Gasteiger partial charge in [-0.1, -0.05) is 0 Å². The molecule has 0 bridgehead atoms. The Morgan fingerprint density at radius 3 is 2.67 bits per heavy atom. The van der Waals surface area contributed by atoms with Crippen LogP contribution in [0.15, 0.2) is 0 Å². The van der Waals surface area contributed by atoms with Crippen molar-refractivity contribution in [2.24, 2.45) is 0 Å². The largest absolute Gasteiger partial charge is 0.397 e. The molecule has 0 aliphatic carbocycles. The molecule has 4 N–H and O–H groups in total. The first kappa shape index (κ1) is 15.2. The third-order valence-corrected chi connectivity index (χ3v) is 4.35. The molecular weight excluding hydrogens is 290 g/mol. The number of thiophene rings is 1. The van der Waals surface area contributed by atoms with E-state index < -0.39 is 0 Å². The Morgan fingerprint density at radius 2 is 2.00 bits per heavy atom. The summed E-state index contributed by atoms with van der Waals surface area (Å²) in [5.41, 5.74) is 8.21. The fourth-order valence-corrected chi connectivity index (χ4v) is 2.92. The Hall–Kier alpha value is -2.22. The summed E-state index contributed by atoms with van der Waals surface area (Å²) in [6.07, 6.45) is 0.227. The van der Waals surface area contributed by atoms with Gasteiger partial charge in [0.05, 0.1) is 11.4 Å². The van der Waals surface area contributed by atoms with Crippen LogP contribution in [0, 0.1) is 13.8 Å². The highest BCUT2D eigenvalue weighted by Crippen LogP contribution is 2.34. The van der Waals surface area contributed by atoms with Crippen molar-refractivity contribution in [3.05, 3.63) is 16.1 Å². The third kappa shape index (κ3) is 2.94. The molecule has 2 amide bonds. The maximum absolute atomic E-state index is 12.1. The normalized spacial score (nSPS) is 10.6. The standard InChI is InChI=1S/C13H17N5O2S/c1-6-7(2)17-18-13-9(6)10(14)11(21-13)12(20)16-5-4-8(19)15-3/h4-5,14H2,1-3H3,(H,15,19)(H,16,20). The minimum absolute atomic E-state index is 0.128. The minimum Gasteiger partial charge on any atom is -0.397 e. The van der Waals surface area contributed by atoms with Crippen LogP contribution >= 0.6 is 11.3 Å². The van der Waals surface area contributed by atoms with Crippen LogP contribution in [-0.2, 0) is 4.79 Å². The molecule has 0 aromatic carbocycles. The predicted octanol–water partition coefficient (Wildman–Crippen LogP) is 0.756. The molecule has 2 aromatic rings. The highest BCUT2D eigenvalue weighted by molar-refractivity contribution is 7.21. The fourth-order valence-electron chi connectivity index (χ4n) is 1.90. The lowest BCUT2D eigenvalue weighted by molar-refractivity contribution is -0.120. The molecule has 112 valence electrons. The van der Waals surface area contributed by atoms with Crippen molar-refractivity contribution in [2.45, 2.75) is 20.3 Å². The number of nitrogen functional groups attached to an aromatic ring is 1. The first-order valence-corrected chi connectivity index (χ1v) is 7.28. The van der Waals surface area contributed by atoms with Crippen LogP contribution in [0.4, 0.5) is 5.69 Å². The van der Waals surface area contributed by atoms with Crippen LogP contribution in [-0.4, -0.2) is 35.6 Å². The number of nitrogens with zero attached hydrogens (tertiary/aromatic N) is 2. The second kappa shape index (κ2) is 6.04. The Labute approximate surface area is 125 Å². The zero-order valence-corrected chi connectivity index (χ0v) is 12.9. The molecule has 0 aliphatic rings. The van der Waals surface area contributed by atoms with Gasteiger partial charge in [0, 0.05) is 25.4 Å². The number of amides is 2. The number of nitrogens with two attached hydrogens (primary N) is 1. The van der Waals surface area contributed by atoms with E-state index in [1.165, 1.54) is 11.3 Å². The van der Waals surface area contributed by atoms with E-state index in [2.05, 4.69) is 20.8 Å². The molecule has 2 heterocycles. The zero-order chi connectivity index (χ0) is 15.6. The van der Waals surface area contributed by atoms with E-state index in [0.717, 1.165) is 16.6 Å². The van der Waals surface area contributed by atoms with Gasteiger partial charge in [-0.05, 0) is 19.4 Å². The minimum atomic E-state index is -0.295. The molecule has 21 heavy (non-hydrogen) atoms. The molecule has 0 saturated carbocycles. The lowest BCUT2D eigenvalue weighted by atomic mass is 10.1. The molecule has 2 aromatic heterocycles. The van der Waals surface area contributed by atoms with Crippen LogP contribution in [0.5, 0.6) is 0 Å². The van der Waals surface area contributed by atoms with Crippen LogP contribution in [0.3, 0.4) is 0 Å². The molecule has 0 unspecified atom stereocenters. The van der Waals surface area contributed by atoms with Crippen molar-refractivity contribution in [1.29, 1.82) is 0 Å². The van der Waals surface area contributed by atoms with E-state index >= 15 is 0 Å². The predicted molar refractivity (Wildman–Crippen MR) is 82.3 cm³/mol. The highest BCUT2D eigenvalue weighted by Gasteiger charge is 2.19. The number of carbonyl (C=O) groups is 2. The molecular formula is C13H17N5O2S. The Morgan fingerprint density at radius 1 is 1.29 bits per heavy atom. The summed E-state index contributed by atoms with van der Waals surface area (Å²) in [6.45, 7) is 4.01. The number of anilines is 1. The van der Waals surface area contributed by atoms with Crippen molar-refractivity contribution in [3.63, 3.8) is 0 Å². The average molecular weight is 307 g/mol. The van der Waals surface area contributed by atoms with Gasteiger partial charge < -0.3 is 16.4 Å². The fraction of sp³-hybridized carbons (Fsp3) is 0.385. The smallest absolute Gasteiger partial charge is 0.263 e. The Balaban J connectivity index is 2.22. The summed E-state index contributed by atoms with van der Waals surface area (Å²) in [5, 5.41) is 14.1. The van der Waals surface area contributed by atoms with Crippen LogP contribution in [0.2, 0.25) is 0 Å². The summed E-state index contributed by atoms with van der Waals surface area (Å²) >= 11 is 1.21. The van der Waals surface area contributed by atoms with Gasteiger partial charge in [0.2, 0.25) is 5.91 Å². The van der Waals surface area contributed by atoms with E-state index in [9.17, 15) is 9.59 Å². The second-order valence-electron chi connectivity index (χ2n) is 4.61. The first-order valence-electron chi connectivity index (χ1n) is 6.46. The van der Waals surface area contributed by atoms with Crippen LogP contribution in [0.25, 0.3) is 10.2 Å². The molecule has 0 fully saturated rings. The van der Waals surface area contributed by atoms with Gasteiger partial charge in [-0.3, -0.25) is 9.59 Å². The SMILES string of the molecule is CNC(=O)CCNC(=O)c1sc2nnc(C)c(C)c2c1N. The van der Waals surface area contributed by atoms with Crippen molar-refractivity contribution in [2.75, 3.05) is 19.3 Å². The van der Waals surface area contributed by atoms with E-state index in [1.807, 2.05) is 13.8 Å². The third-order valence-electron chi connectivity index (χ3n) is 3.26. The monoisotopic (exact) mass is 307 g/mol. The Kier molecular flexibility index (Phi) is 4.37. The molecule has 8 heteroatoms. The number of nitrogens with one attached hydrogen (secondary N) is 2. The summed E-state index contributed by atoms with van der Waals surface area (Å²) in [7, 11) is 1.55. The number of aromatic nitrogens is 2. The number of hydrogen-bond donors (Lipinski definition) is 3. The molecule has 2 rings (SSSR count). The van der Waals surface area contributed by atoms with E-state index in [0.29, 0.717) is 15.4 Å². The van der Waals surface area contributed by atoms with E-state index in [1.54, 1.807) is 7.05 Å². The number of hydrogen-bond acceptors (Lipinski definition) is 6. The van der Waals surface area contributed by atoms with Gasteiger partial charge >= 0.3 is 0 Å². The van der Waals surface area contributed by atoms with Gasteiger partial charge in [0.15, 0.2) is 0 Å². The Bertz CT molecular complexity index is 710. The number of carbonyl (C=O) groups excluding carboxylic acids is 2. The van der Waals surface area contributed by atoms with Crippen molar-refractivity contribution in [3.8, 4) is 0 Å². The molecule has 7 nitrogen and oxygen atoms in total. The number of aryl methyl sites for hydroxylation is 2. The molecule has 0 radical (unpaired) electrons. The molecule has 0 saturated heterocycles. The molecule has 0 atom stereocenters. The number of rotatable bonds is 4. The highest BCUT2D eigenvalue weighted by atomic mass is 32.1. The summed E-state index contributed by atoms with van der Waals surface area (Å²) in [4.78, 5) is 24.3. The first-order chi connectivity index (χ1) is 9.95. The lowest BCUT2D eigenvalue weighted by Gasteiger charge is -2.04. The topological polar surface area (TPSA) is 110 Å². The second-order valence-corrected chi connectivity index (χ2v) is 5.61. The summed E-state index contributed by atoms with van der Waals surface area (Å²) in [5.74, 6) is -0.423. The number of fused-ring (bicyclic) bond motifs is 1. The maximum Gasteiger partial charge on any atom is 0.263 e. The van der Waals surface area contributed by atoms with Crippen molar-refractivity contribution in [1.82, 2.24) is 20.8 Å². The molecule has 0 spiro atoms. The van der Waals surface area contributed by atoms with E-state index in [-0.39, 0.29) is 24.8 Å². The average Bonchev–Trinajstić information content (AvgIpc) is 2.80. The maximum atomic E-state index is 12.1. The van der Waals surface area contributed by atoms with Crippen LogP contribution < -0.4 is 16.4 Å². The van der Waals surface area contributed by atoms with Gasteiger partial charge in [0.1, 0.15) is 9.71 Å². The van der Waals surface area contributed by atoms with Gasteiger partial charge in [-0.15, -0.1) is 16.4 Å². The quantitative estimate of drug-likeness (QED) is 0.772.